The van der Waals surface area contributed by atoms with E-state index in [0.717, 1.165) is 163 Å². The van der Waals surface area contributed by atoms with Crippen molar-refractivity contribution < 1.29 is 14.4 Å². The van der Waals surface area contributed by atoms with Crippen LogP contribution in [0.2, 0.25) is 5.02 Å². The number of nitrogens with one attached hydrogen (secondary N) is 1. The van der Waals surface area contributed by atoms with Gasteiger partial charge in [0.2, 0.25) is 0 Å². The highest BCUT2D eigenvalue weighted by Gasteiger charge is 2.19. The molecule has 3 fully saturated rings. The number of likely N-dealkylation sites (tertiary alicyclic amines) is 2. The number of para-hydroxylation sites is 2. The number of H-pyrrole nitrogens is 1. The number of ketones is 3. The monoisotopic (exact) mass is 1490 g/mol. The summed E-state index contributed by atoms with van der Waals surface area (Å²) in [6.45, 7) is 9.25. The van der Waals surface area contributed by atoms with Crippen molar-refractivity contribution in [1.29, 1.82) is 0 Å². The number of piperidine rings is 2. The molecule has 1 aliphatic carbocycles. The topological polar surface area (TPSA) is 203 Å². The molecule has 4 aromatic heterocycles. The predicted molar refractivity (Wildman–Crippen MR) is 458 cm³/mol. The van der Waals surface area contributed by atoms with Crippen LogP contribution in [0.4, 0.5) is 17.5 Å². The van der Waals surface area contributed by atoms with E-state index in [1.165, 1.54) is 77.5 Å². The summed E-state index contributed by atoms with van der Waals surface area (Å²) in [7, 11) is 0. The summed E-state index contributed by atoms with van der Waals surface area (Å²) >= 11 is 6.17. The van der Waals surface area contributed by atoms with Gasteiger partial charge in [-0.05, 0) is 207 Å². The molecule has 6 heterocycles. The molecule has 0 atom stereocenters. The van der Waals surface area contributed by atoms with E-state index in [1.807, 2.05) is 158 Å². The number of rotatable bonds is 19. The molecule has 13 nitrogen and oxygen atoms in total. The van der Waals surface area contributed by atoms with E-state index in [4.69, 9.17) is 28.8 Å². The molecule has 2 saturated heterocycles. The third kappa shape index (κ3) is 21.9. The van der Waals surface area contributed by atoms with Crippen molar-refractivity contribution in [3.8, 4) is 70.6 Å². The lowest BCUT2D eigenvalue weighted by Gasteiger charge is -2.26. The van der Waals surface area contributed by atoms with Crippen LogP contribution in [0.5, 0.6) is 0 Å². The predicted octanol–water partition coefficient (Wildman–Crippen LogP) is 19.6. The number of nitrogens with two attached hydrogens (primary N) is 3. The molecule has 0 bridgehead atoms. The van der Waals surface area contributed by atoms with Crippen LogP contribution >= 0.6 is 11.6 Å². The largest absolute Gasteiger partial charge is 0.383 e. The van der Waals surface area contributed by atoms with E-state index in [0.29, 0.717) is 70.8 Å². The van der Waals surface area contributed by atoms with Gasteiger partial charge in [0.25, 0.3) is 0 Å². The van der Waals surface area contributed by atoms with E-state index in [9.17, 15) is 14.4 Å². The molecule has 14 heteroatoms. The summed E-state index contributed by atoms with van der Waals surface area (Å²) < 4.78 is 0. The van der Waals surface area contributed by atoms with Crippen LogP contribution in [0.3, 0.4) is 0 Å². The Morgan fingerprint density at radius 3 is 1.38 bits per heavy atom. The number of pyridine rings is 3. The molecule has 3 aliphatic rings. The smallest absolute Gasteiger partial charge is 0.163 e. The molecule has 0 radical (unpaired) electrons. The fraction of sp³-hybridized carbons (Fsp3) is 0.276. The highest BCUT2D eigenvalue weighted by atomic mass is 35.5. The van der Waals surface area contributed by atoms with Crippen LogP contribution in [0.15, 0.2) is 195 Å². The summed E-state index contributed by atoms with van der Waals surface area (Å²) in [5.74, 6) is 35.3. The van der Waals surface area contributed by atoms with Crippen LogP contribution in [-0.2, 0) is 6.42 Å². The Morgan fingerprint density at radius 1 is 0.464 bits per heavy atom. The molecule has 0 spiro atoms. The number of halogens is 1. The van der Waals surface area contributed by atoms with E-state index in [1.54, 1.807) is 18.6 Å². The SMILES string of the molecule is CCCCC#Cc1ccc2cnc(N)c(C#Cc3ccc(C(=O)CCCCN4CCCCC4)cc3)c2c1.Nc1ncc2ccc(C#CC3CC3)cc2c1C#Cc1ccc(C(=O)CCCCN2CCCCC2)cc1.Nc1ncc2ccc(Cl)cc2c1C#Cc1ccc(C(=O)CCc2ccc(-c3nc4ccccc4[nH]3)cc2)cc1. The maximum absolute atomic E-state index is 12.8. The first-order valence-electron chi connectivity index (χ1n) is 39.5. The molecule has 7 N–H and O–H groups in total. The fourth-order valence-corrected chi connectivity index (χ4v) is 14.1. The molecular formula is C98H93ClN10O3. The lowest BCUT2D eigenvalue weighted by molar-refractivity contribution is 0.0969. The number of nitrogens with zero attached hydrogens (tertiary/aromatic N) is 6. The van der Waals surface area contributed by atoms with Crippen molar-refractivity contribution in [2.45, 2.75) is 129 Å². The third-order valence-electron chi connectivity index (χ3n) is 20.6. The van der Waals surface area contributed by atoms with Gasteiger partial charge >= 0.3 is 0 Å². The summed E-state index contributed by atoms with van der Waals surface area (Å²) in [4.78, 5) is 64.1. The van der Waals surface area contributed by atoms with E-state index < -0.39 is 0 Å². The Balaban J connectivity index is 0.000000147. The minimum Gasteiger partial charge on any atom is -0.383 e. The standard InChI is InChI=1S/C33H23ClN4O.C33H37N3O.C32H33N3O/c34-26-16-15-25-20-36-32(35)27(28(25)19-26)17-9-21-5-11-23(12-6-21)31(39)18-10-22-7-13-24(14-8-22)33-37-29-3-1-2-4-30(29)38-33;1-2-3-4-6-11-27-15-19-29-25-35-33(34)30(31(29)24-27)20-16-26-13-17-28(18-14-26)32(37)12-7-10-23-36-21-8-5-9-22-36;33-32-29(30-22-26(10-9-24-7-8-24)13-17-28(30)23-34-32)18-14-25-11-15-27(16-12-25)31(36)6-2-5-21-35-19-3-1-4-20-35/h1-8,11-16,19-20H,10,18H2,(H2,35,36)(H,37,38);13-15,17-19,24-25H,2-5,7-10,12,21-23H2,1H3,(H2,34,35);11-13,15-17,22-24H,1-8,19-21H2,(H2,33,34). The van der Waals surface area contributed by atoms with Gasteiger partial charge in [-0.2, -0.15) is 0 Å². The highest BCUT2D eigenvalue weighted by molar-refractivity contribution is 6.31. The molecule has 112 heavy (non-hydrogen) atoms. The molecular weight excluding hydrogens is 1400 g/mol. The third-order valence-corrected chi connectivity index (χ3v) is 20.9. The number of aryl methyl sites for hydroxylation is 1. The van der Waals surface area contributed by atoms with Gasteiger partial charge in [-0.15, -0.1) is 0 Å². The number of fused-ring (bicyclic) bond motifs is 4. The molecule has 12 aromatic rings. The van der Waals surface area contributed by atoms with Gasteiger partial charge < -0.3 is 32.0 Å². The normalized spacial score (nSPS) is 13.2. The Kier molecular flexibility index (Phi) is 27.2. The number of benzene rings is 8. The first-order chi connectivity index (χ1) is 54.8. The zero-order chi connectivity index (χ0) is 77.4. The Bertz CT molecular complexity index is 5660. The van der Waals surface area contributed by atoms with Gasteiger partial charge in [0.15, 0.2) is 17.3 Å². The number of carbonyl (C=O) groups is 3. The number of hydrogen-bond acceptors (Lipinski definition) is 12. The Labute approximate surface area is 663 Å². The lowest BCUT2D eigenvalue weighted by atomic mass is 10.0. The zero-order valence-corrected chi connectivity index (χ0v) is 64.5. The maximum Gasteiger partial charge on any atom is 0.163 e. The molecule has 2 aliphatic heterocycles. The van der Waals surface area contributed by atoms with Crippen LogP contribution in [-0.4, -0.2) is 91.3 Å². The average molecular weight is 1490 g/mol. The number of aromatic amines is 1. The molecule has 0 amide bonds. The number of hydrogen-bond donors (Lipinski definition) is 4. The van der Waals surface area contributed by atoms with Crippen molar-refractivity contribution in [3.63, 3.8) is 0 Å². The van der Waals surface area contributed by atoms with Crippen molar-refractivity contribution in [3.05, 3.63) is 266 Å². The van der Waals surface area contributed by atoms with Gasteiger partial charge in [-0.1, -0.05) is 188 Å². The van der Waals surface area contributed by atoms with Crippen LogP contribution in [0.25, 0.3) is 54.7 Å². The Morgan fingerprint density at radius 2 is 0.911 bits per heavy atom. The van der Waals surface area contributed by atoms with Gasteiger partial charge in [0.05, 0.1) is 27.7 Å². The molecule has 15 rings (SSSR count). The van der Waals surface area contributed by atoms with Crippen LogP contribution < -0.4 is 17.2 Å². The summed E-state index contributed by atoms with van der Waals surface area (Å²) in [6.07, 6.45) is 25.1. The number of aromatic nitrogens is 5. The van der Waals surface area contributed by atoms with Crippen molar-refractivity contribution in [2.24, 2.45) is 5.92 Å². The van der Waals surface area contributed by atoms with E-state index in [-0.39, 0.29) is 17.3 Å². The number of nitrogen functional groups attached to an aromatic ring is 3. The average Bonchev–Trinajstić information content (AvgIpc) is 1.17. The van der Waals surface area contributed by atoms with Crippen molar-refractivity contribution >= 4 is 89.8 Å². The van der Waals surface area contributed by atoms with Crippen molar-refractivity contribution in [1.82, 2.24) is 34.7 Å². The number of imidazole rings is 1. The number of carbonyl (C=O) groups excluding carboxylic acids is 3. The van der Waals surface area contributed by atoms with E-state index >= 15 is 0 Å². The summed E-state index contributed by atoms with van der Waals surface area (Å²) in [6, 6.07) is 56.4. The summed E-state index contributed by atoms with van der Waals surface area (Å²) in [5, 5.41) is 6.29. The van der Waals surface area contributed by atoms with Gasteiger partial charge in [0.1, 0.15) is 23.3 Å². The maximum atomic E-state index is 12.8. The number of Topliss-reactive ketones (excluding diaryl/α,β-unsaturated/α-hetero) is 3. The van der Waals surface area contributed by atoms with Gasteiger partial charge in [-0.25, -0.2) is 19.9 Å². The molecule has 1 saturated carbocycles. The van der Waals surface area contributed by atoms with Gasteiger partial charge in [-0.3, -0.25) is 14.4 Å². The second-order valence-electron chi connectivity index (χ2n) is 29.1. The fourth-order valence-electron chi connectivity index (χ4n) is 13.9. The molecule has 0 unspecified atom stereocenters. The Hall–Kier alpha value is -12.1. The summed E-state index contributed by atoms with van der Waals surface area (Å²) in [5.41, 5.74) is 31.2. The zero-order valence-electron chi connectivity index (χ0n) is 63.7. The molecule has 560 valence electrons. The minimum atomic E-state index is 0.0907. The minimum absolute atomic E-state index is 0.0907. The second-order valence-corrected chi connectivity index (χ2v) is 29.5. The lowest BCUT2D eigenvalue weighted by Crippen LogP contribution is -2.30. The highest BCUT2D eigenvalue weighted by Crippen LogP contribution is 2.31. The van der Waals surface area contributed by atoms with Crippen molar-refractivity contribution in [2.75, 3.05) is 56.5 Å². The second kappa shape index (κ2) is 39.0. The van der Waals surface area contributed by atoms with Gasteiger partial charge in [0, 0.05) is 138 Å². The first kappa shape index (κ1) is 78.0. The number of unbranched alkanes of at least 4 members (excludes halogenated alkanes) is 4. The quantitative estimate of drug-likeness (QED) is 0.0339. The van der Waals surface area contributed by atoms with Crippen LogP contribution in [0.1, 0.15) is 204 Å². The first-order valence-corrected chi connectivity index (χ1v) is 39.9. The number of anilines is 3. The van der Waals surface area contributed by atoms with Crippen LogP contribution in [0, 0.1) is 65.1 Å². The van der Waals surface area contributed by atoms with E-state index in [2.05, 4.69) is 119 Å². The molecule has 8 aromatic carbocycles.